The van der Waals surface area contributed by atoms with Crippen LogP contribution in [0.1, 0.15) is 68.3 Å². The number of carbonyl (C=O) groups is 1. The third kappa shape index (κ3) is 3.25. The van der Waals surface area contributed by atoms with Crippen molar-refractivity contribution in [3.05, 3.63) is 11.7 Å². The Bertz CT molecular complexity index is 489. The maximum atomic E-state index is 11.8. The Morgan fingerprint density at radius 2 is 2.05 bits per heavy atom. The highest BCUT2D eigenvalue weighted by molar-refractivity contribution is 7.99. The molecule has 1 aliphatic heterocycles. The van der Waals surface area contributed by atoms with E-state index < -0.39 is 11.4 Å². The number of hydrogen-bond acceptors (Lipinski definition) is 5. The van der Waals surface area contributed by atoms with Gasteiger partial charge in [-0.15, -0.1) is 0 Å². The zero-order valence-electron chi connectivity index (χ0n) is 12.2. The van der Waals surface area contributed by atoms with Crippen LogP contribution in [-0.4, -0.2) is 27.0 Å². The highest BCUT2D eigenvalue weighted by Crippen LogP contribution is 2.40. The molecule has 2 fully saturated rings. The van der Waals surface area contributed by atoms with Crippen LogP contribution in [0.15, 0.2) is 4.52 Å². The van der Waals surface area contributed by atoms with Gasteiger partial charge in [0.1, 0.15) is 0 Å². The Morgan fingerprint density at radius 3 is 2.67 bits per heavy atom. The van der Waals surface area contributed by atoms with Gasteiger partial charge in [0.2, 0.25) is 5.89 Å². The number of aromatic nitrogens is 2. The highest BCUT2D eigenvalue weighted by Gasteiger charge is 2.40. The van der Waals surface area contributed by atoms with Gasteiger partial charge in [0.25, 0.3) is 0 Å². The van der Waals surface area contributed by atoms with E-state index in [1.54, 1.807) is 0 Å². The van der Waals surface area contributed by atoms with E-state index in [4.69, 9.17) is 4.52 Å². The lowest BCUT2D eigenvalue weighted by Crippen LogP contribution is -2.33. The van der Waals surface area contributed by atoms with E-state index in [1.807, 2.05) is 11.8 Å². The average molecular weight is 310 g/mol. The van der Waals surface area contributed by atoms with Gasteiger partial charge in [-0.3, -0.25) is 4.79 Å². The van der Waals surface area contributed by atoms with Gasteiger partial charge >= 0.3 is 5.97 Å². The minimum absolute atomic E-state index is 0.331. The number of thioether (sulfide) groups is 1. The summed E-state index contributed by atoms with van der Waals surface area (Å²) in [6.07, 6.45) is 8.32. The van der Waals surface area contributed by atoms with Crippen LogP contribution in [0.2, 0.25) is 0 Å². The van der Waals surface area contributed by atoms with Crippen LogP contribution in [0.25, 0.3) is 0 Å². The lowest BCUT2D eigenvalue weighted by atomic mass is 9.77. The summed E-state index contributed by atoms with van der Waals surface area (Å²) in [5.41, 5.74) is -0.705. The summed E-state index contributed by atoms with van der Waals surface area (Å²) in [6.45, 7) is 0. The van der Waals surface area contributed by atoms with Crippen LogP contribution in [0.3, 0.4) is 0 Å². The van der Waals surface area contributed by atoms with Crippen molar-refractivity contribution in [3.63, 3.8) is 0 Å². The average Bonchev–Trinajstić information content (AvgIpc) is 3.07. The van der Waals surface area contributed by atoms with Crippen LogP contribution >= 0.6 is 11.8 Å². The van der Waals surface area contributed by atoms with Gasteiger partial charge in [-0.05, 0) is 31.4 Å². The van der Waals surface area contributed by atoms with E-state index in [0.29, 0.717) is 17.6 Å². The van der Waals surface area contributed by atoms with Gasteiger partial charge in [0.05, 0.1) is 10.7 Å². The summed E-state index contributed by atoms with van der Waals surface area (Å²) in [5.74, 6) is 1.69. The molecule has 1 unspecified atom stereocenters. The van der Waals surface area contributed by atoms with Crippen LogP contribution in [0.4, 0.5) is 0 Å². The maximum Gasteiger partial charge on any atom is 0.310 e. The summed E-state index contributed by atoms with van der Waals surface area (Å²) < 4.78 is 5.36. The molecule has 0 bridgehead atoms. The summed E-state index contributed by atoms with van der Waals surface area (Å²) in [5, 5.41) is 14.1. The predicted molar refractivity (Wildman–Crippen MR) is 80.2 cm³/mol. The van der Waals surface area contributed by atoms with Gasteiger partial charge in [-0.1, -0.05) is 30.8 Å². The molecule has 1 saturated heterocycles. The number of nitrogens with zero attached hydrogens (tertiary/aromatic N) is 2. The van der Waals surface area contributed by atoms with E-state index in [1.165, 1.54) is 6.42 Å². The number of hydrogen-bond donors (Lipinski definition) is 1. The zero-order valence-corrected chi connectivity index (χ0v) is 13.0. The van der Waals surface area contributed by atoms with Gasteiger partial charge in [0, 0.05) is 6.42 Å². The Labute approximate surface area is 128 Å². The third-order valence-corrected chi connectivity index (χ3v) is 6.08. The molecule has 6 heteroatoms. The fourth-order valence-electron chi connectivity index (χ4n) is 3.41. The highest BCUT2D eigenvalue weighted by atomic mass is 32.2. The number of carboxylic acid groups (broad SMARTS) is 1. The van der Waals surface area contributed by atoms with Gasteiger partial charge in [0.15, 0.2) is 5.82 Å². The van der Waals surface area contributed by atoms with Crippen molar-refractivity contribution in [1.82, 2.24) is 10.1 Å². The molecule has 2 aliphatic rings. The molecule has 116 valence electrons. The summed E-state index contributed by atoms with van der Waals surface area (Å²) >= 11 is 1.86. The third-order valence-electron chi connectivity index (χ3n) is 4.71. The fraction of sp³-hybridized carbons (Fsp3) is 0.800. The first-order valence-corrected chi connectivity index (χ1v) is 8.92. The van der Waals surface area contributed by atoms with E-state index in [2.05, 4.69) is 10.1 Å². The summed E-state index contributed by atoms with van der Waals surface area (Å²) in [6, 6.07) is 0. The normalized spacial score (nSPS) is 25.6. The van der Waals surface area contributed by atoms with Crippen molar-refractivity contribution in [3.8, 4) is 0 Å². The second-order valence-corrected chi connectivity index (χ2v) is 7.54. The van der Waals surface area contributed by atoms with Gasteiger partial charge in [-0.25, -0.2) is 0 Å². The first-order valence-electron chi connectivity index (χ1n) is 7.87. The van der Waals surface area contributed by atoms with Gasteiger partial charge < -0.3 is 9.63 Å². The number of aliphatic carboxylic acids is 1. The molecule has 0 aromatic carbocycles. The molecule has 1 saturated carbocycles. The van der Waals surface area contributed by atoms with Crippen LogP contribution in [-0.2, 0) is 11.2 Å². The molecule has 3 rings (SSSR count). The predicted octanol–water partition coefficient (Wildman–Crippen LogP) is 3.61. The summed E-state index contributed by atoms with van der Waals surface area (Å²) in [4.78, 5) is 16.3. The van der Waals surface area contributed by atoms with Crippen molar-refractivity contribution in [1.29, 1.82) is 0 Å². The van der Waals surface area contributed by atoms with Crippen molar-refractivity contribution < 1.29 is 14.4 Å². The molecule has 1 N–H and O–H groups in total. The molecule has 1 aromatic rings. The molecule has 5 nitrogen and oxygen atoms in total. The molecular formula is C15H22N2O3S. The van der Waals surface area contributed by atoms with E-state index >= 15 is 0 Å². The first kappa shape index (κ1) is 14.9. The molecule has 21 heavy (non-hydrogen) atoms. The number of rotatable bonds is 4. The molecule has 1 aliphatic carbocycles. The standard InChI is InChI=1S/C15H22N2O3S/c18-14(19)15(7-3-1-2-4-8-15)10-12-16-13(17-20-12)11-6-5-9-21-11/h11H,1-10H2,(H,18,19). The zero-order chi connectivity index (χ0) is 14.7. The molecule has 1 atom stereocenters. The Morgan fingerprint density at radius 1 is 1.29 bits per heavy atom. The lowest BCUT2D eigenvalue weighted by Gasteiger charge is -2.26. The fourth-order valence-corrected chi connectivity index (χ4v) is 4.61. The van der Waals surface area contributed by atoms with E-state index in [0.717, 1.165) is 56.5 Å². The molecule has 1 aromatic heterocycles. The Hall–Kier alpha value is -1.04. The smallest absolute Gasteiger partial charge is 0.310 e. The topological polar surface area (TPSA) is 76.2 Å². The molecule has 0 radical (unpaired) electrons. The second-order valence-electron chi connectivity index (χ2n) is 6.22. The van der Waals surface area contributed by atoms with Crippen molar-refractivity contribution >= 4 is 17.7 Å². The largest absolute Gasteiger partial charge is 0.481 e. The molecular weight excluding hydrogens is 288 g/mol. The SMILES string of the molecule is O=C(O)C1(Cc2nc(C3CCCS3)no2)CCCCCC1. The van der Waals surface area contributed by atoms with Crippen molar-refractivity contribution in [2.45, 2.75) is 63.0 Å². The Balaban J connectivity index is 1.74. The van der Waals surface area contributed by atoms with Crippen LogP contribution < -0.4 is 0 Å². The number of carboxylic acids is 1. The second kappa shape index (κ2) is 6.38. The lowest BCUT2D eigenvalue weighted by molar-refractivity contribution is -0.150. The Kier molecular flexibility index (Phi) is 4.52. The van der Waals surface area contributed by atoms with Crippen molar-refractivity contribution in [2.75, 3.05) is 5.75 Å². The molecule has 2 heterocycles. The maximum absolute atomic E-state index is 11.8. The van der Waals surface area contributed by atoms with Crippen LogP contribution in [0.5, 0.6) is 0 Å². The first-order chi connectivity index (χ1) is 10.2. The minimum Gasteiger partial charge on any atom is -0.481 e. The molecule has 0 amide bonds. The van der Waals surface area contributed by atoms with E-state index in [9.17, 15) is 9.90 Å². The van der Waals surface area contributed by atoms with E-state index in [-0.39, 0.29) is 0 Å². The summed E-state index contributed by atoms with van der Waals surface area (Å²) in [7, 11) is 0. The van der Waals surface area contributed by atoms with Crippen LogP contribution in [0, 0.1) is 5.41 Å². The molecule has 0 spiro atoms. The monoisotopic (exact) mass is 310 g/mol. The minimum atomic E-state index is -0.709. The van der Waals surface area contributed by atoms with Crippen molar-refractivity contribution in [2.24, 2.45) is 5.41 Å². The van der Waals surface area contributed by atoms with Gasteiger partial charge in [-0.2, -0.15) is 16.7 Å². The quantitative estimate of drug-likeness (QED) is 0.856.